The molecule has 2 N–H and O–H groups in total. The number of benzene rings is 3. The maximum absolute atomic E-state index is 13.2. The van der Waals surface area contributed by atoms with Crippen LogP contribution < -0.4 is 10.6 Å². The van der Waals surface area contributed by atoms with Crippen LogP contribution in [0.15, 0.2) is 78.9 Å². The first-order chi connectivity index (χ1) is 15.6. The average molecular weight is 433 g/mol. The highest BCUT2D eigenvalue weighted by Crippen LogP contribution is 2.14. The zero-order chi connectivity index (χ0) is 22.3. The van der Waals surface area contributed by atoms with E-state index in [1.54, 1.807) is 24.3 Å². The molecule has 4 aromatic rings. The summed E-state index contributed by atoms with van der Waals surface area (Å²) in [6, 6.07) is 21.5. The van der Waals surface area contributed by atoms with E-state index in [-0.39, 0.29) is 35.9 Å². The van der Waals surface area contributed by atoms with Crippen molar-refractivity contribution in [3.8, 4) is 0 Å². The quantitative estimate of drug-likeness (QED) is 0.423. The van der Waals surface area contributed by atoms with Crippen LogP contribution in [0.25, 0.3) is 0 Å². The summed E-state index contributed by atoms with van der Waals surface area (Å²) in [4.78, 5) is 17.3. The van der Waals surface area contributed by atoms with Crippen LogP contribution in [0, 0.1) is 11.6 Å². The van der Waals surface area contributed by atoms with Crippen LogP contribution >= 0.6 is 0 Å². The Hall–Kier alpha value is -4.07. The molecule has 162 valence electrons. The molecule has 32 heavy (non-hydrogen) atoms. The molecule has 4 rings (SSSR count). The lowest BCUT2D eigenvalue weighted by Crippen LogP contribution is -2.18. The summed E-state index contributed by atoms with van der Waals surface area (Å²) in [6.07, 6.45) is 0.160. The molecule has 0 spiro atoms. The number of nitrogens with zero attached hydrogens (tertiary/aromatic N) is 3. The van der Waals surface area contributed by atoms with Crippen molar-refractivity contribution in [2.75, 3.05) is 10.6 Å². The molecule has 0 amide bonds. The molecule has 1 heterocycles. The Balaban J connectivity index is 1.51. The Bertz CT molecular complexity index is 1180. The van der Waals surface area contributed by atoms with Gasteiger partial charge in [-0.05, 0) is 41.0 Å². The lowest BCUT2D eigenvalue weighted by atomic mass is 10.1. The van der Waals surface area contributed by atoms with E-state index in [9.17, 15) is 13.6 Å². The van der Waals surface area contributed by atoms with E-state index in [2.05, 4.69) is 20.7 Å². The minimum absolute atomic E-state index is 0.160. The van der Waals surface area contributed by atoms with Crippen LogP contribution in [0.1, 0.15) is 21.5 Å². The van der Waals surface area contributed by atoms with Crippen LogP contribution in [-0.2, 0) is 19.5 Å². The normalized spacial score (nSPS) is 10.7. The molecule has 0 aliphatic rings. The van der Waals surface area contributed by atoms with E-state index in [1.165, 1.54) is 28.9 Å². The van der Waals surface area contributed by atoms with Crippen LogP contribution in [0.4, 0.5) is 20.7 Å². The van der Waals surface area contributed by atoms with Gasteiger partial charge in [-0.2, -0.15) is 9.67 Å². The molecule has 0 atom stereocenters. The molecule has 0 fully saturated rings. The third-order valence-electron chi connectivity index (χ3n) is 4.77. The van der Waals surface area contributed by atoms with Crippen LogP contribution in [0.2, 0.25) is 0 Å². The predicted octanol–water partition coefficient (Wildman–Crippen LogP) is 4.66. The fourth-order valence-corrected chi connectivity index (χ4v) is 3.09. The van der Waals surface area contributed by atoms with E-state index in [0.717, 1.165) is 16.7 Å². The van der Waals surface area contributed by atoms with Crippen LogP contribution in [-0.4, -0.2) is 20.7 Å². The molecule has 8 heteroatoms. The summed E-state index contributed by atoms with van der Waals surface area (Å²) in [5, 5.41) is 10.5. The van der Waals surface area contributed by atoms with Crippen molar-refractivity contribution < 1.29 is 13.6 Å². The minimum Gasteiger partial charge on any atom is -0.350 e. The lowest BCUT2D eigenvalue weighted by Gasteiger charge is -2.07. The van der Waals surface area contributed by atoms with E-state index < -0.39 is 0 Å². The van der Waals surface area contributed by atoms with E-state index in [4.69, 9.17) is 0 Å². The summed E-state index contributed by atoms with van der Waals surface area (Å²) in [6.45, 7) is 0.712. The molecule has 0 radical (unpaired) electrons. The van der Waals surface area contributed by atoms with E-state index >= 15 is 0 Å². The Morgan fingerprint density at radius 3 is 1.91 bits per heavy atom. The Kier molecular flexibility index (Phi) is 6.50. The SMILES string of the molecule is O=C(Cc1ccccc1)n1nc(NCc2ccc(F)cc2)nc1NCc1ccc(F)cc1. The van der Waals surface area contributed by atoms with Crippen molar-refractivity contribution in [1.29, 1.82) is 0 Å². The maximum atomic E-state index is 13.2. The summed E-state index contributed by atoms with van der Waals surface area (Å²) in [5.41, 5.74) is 2.54. The first-order valence-corrected chi connectivity index (χ1v) is 10.1. The smallest absolute Gasteiger partial charge is 0.254 e. The van der Waals surface area contributed by atoms with Crippen LogP contribution in [0.5, 0.6) is 0 Å². The van der Waals surface area contributed by atoms with Crippen molar-refractivity contribution in [2.24, 2.45) is 0 Å². The molecule has 0 saturated carbocycles. The highest BCUT2D eigenvalue weighted by molar-refractivity contribution is 5.83. The Labute approximate surface area is 183 Å². The van der Waals surface area contributed by atoms with Crippen molar-refractivity contribution in [3.05, 3.63) is 107 Å². The fourth-order valence-electron chi connectivity index (χ4n) is 3.09. The first-order valence-electron chi connectivity index (χ1n) is 10.1. The van der Waals surface area contributed by atoms with Gasteiger partial charge >= 0.3 is 0 Å². The van der Waals surface area contributed by atoms with Gasteiger partial charge in [0.25, 0.3) is 5.91 Å². The molecule has 0 saturated heterocycles. The Morgan fingerprint density at radius 2 is 1.31 bits per heavy atom. The highest BCUT2D eigenvalue weighted by Gasteiger charge is 2.17. The van der Waals surface area contributed by atoms with Crippen molar-refractivity contribution in [3.63, 3.8) is 0 Å². The second kappa shape index (κ2) is 9.82. The number of carbonyl (C=O) groups excluding carboxylic acids is 1. The number of hydrogen-bond donors (Lipinski definition) is 2. The molecule has 6 nitrogen and oxygen atoms in total. The lowest BCUT2D eigenvalue weighted by molar-refractivity contribution is 0.0901. The van der Waals surface area contributed by atoms with Gasteiger partial charge in [-0.25, -0.2) is 8.78 Å². The topological polar surface area (TPSA) is 71.8 Å². The van der Waals surface area contributed by atoms with Gasteiger partial charge < -0.3 is 10.6 Å². The third kappa shape index (κ3) is 5.54. The van der Waals surface area contributed by atoms with Crippen molar-refractivity contribution in [2.45, 2.75) is 19.5 Å². The first kappa shape index (κ1) is 21.2. The maximum Gasteiger partial charge on any atom is 0.254 e. The van der Waals surface area contributed by atoms with Gasteiger partial charge in [-0.15, -0.1) is 5.10 Å². The van der Waals surface area contributed by atoms with Crippen LogP contribution in [0.3, 0.4) is 0 Å². The van der Waals surface area contributed by atoms with Gasteiger partial charge in [0.15, 0.2) is 0 Å². The molecule has 0 aliphatic carbocycles. The standard InChI is InChI=1S/C24H21F2N5O/c25-20-10-6-18(7-11-20)15-27-23-29-24(28-16-19-8-12-21(26)13-9-19)31(30-23)22(32)14-17-4-2-1-3-5-17/h1-13H,14-16H2,(H2,27,28,29,30). The fraction of sp³-hybridized carbons (Fsp3) is 0.125. The minimum atomic E-state index is -0.317. The molecule has 0 bridgehead atoms. The van der Waals surface area contributed by atoms with E-state index in [1.807, 2.05) is 30.3 Å². The van der Waals surface area contributed by atoms with Gasteiger partial charge in [0.1, 0.15) is 11.6 Å². The van der Waals surface area contributed by atoms with Gasteiger partial charge in [0.05, 0.1) is 6.42 Å². The van der Waals surface area contributed by atoms with Gasteiger partial charge in [0.2, 0.25) is 11.9 Å². The summed E-state index contributed by atoms with van der Waals surface area (Å²) in [7, 11) is 0. The molecular weight excluding hydrogens is 412 g/mol. The zero-order valence-electron chi connectivity index (χ0n) is 17.1. The third-order valence-corrected chi connectivity index (χ3v) is 4.77. The summed E-state index contributed by atoms with van der Waals surface area (Å²) < 4.78 is 27.5. The number of rotatable bonds is 8. The molecular formula is C24H21F2N5O. The predicted molar refractivity (Wildman–Crippen MR) is 118 cm³/mol. The number of nitrogens with one attached hydrogen (secondary N) is 2. The number of aromatic nitrogens is 3. The Morgan fingerprint density at radius 1 is 0.750 bits per heavy atom. The molecule has 3 aromatic carbocycles. The van der Waals surface area contributed by atoms with Crippen molar-refractivity contribution in [1.82, 2.24) is 14.8 Å². The number of anilines is 2. The van der Waals surface area contributed by atoms with Gasteiger partial charge in [0, 0.05) is 13.1 Å². The van der Waals surface area contributed by atoms with Crippen molar-refractivity contribution >= 4 is 17.8 Å². The van der Waals surface area contributed by atoms with E-state index in [0.29, 0.717) is 13.1 Å². The van der Waals surface area contributed by atoms with Gasteiger partial charge in [-0.1, -0.05) is 54.6 Å². The second-order valence-electron chi connectivity index (χ2n) is 7.19. The number of carbonyl (C=O) groups is 1. The number of halogens is 2. The zero-order valence-corrected chi connectivity index (χ0v) is 17.1. The molecule has 0 unspecified atom stereocenters. The monoisotopic (exact) mass is 433 g/mol. The molecule has 0 aliphatic heterocycles. The highest BCUT2D eigenvalue weighted by atomic mass is 19.1. The average Bonchev–Trinajstić information content (AvgIpc) is 3.22. The largest absolute Gasteiger partial charge is 0.350 e. The molecule has 1 aromatic heterocycles. The number of hydrogen-bond acceptors (Lipinski definition) is 5. The second-order valence-corrected chi connectivity index (χ2v) is 7.19. The summed E-state index contributed by atoms with van der Waals surface area (Å²) in [5.74, 6) is -0.341. The van der Waals surface area contributed by atoms with Gasteiger partial charge in [-0.3, -0.25) is 4.79 Å². The summed E-state index contributed by atoms with van der Waals surface area (Å²) >= 11 is 0.